The first kappa shape index (κ1) is 9.38. The fourth-order valence-corrected chi connectivity index (χ4v) is 0.927. The normalized spacial score (nSPS) is 9.62. The van der Waals surface area contributed by atoms with Gasteiger partial charge in [0.15, 0.2) is 6.61 Å². The summed E-state index contributed by atoms with van der Waals surface area (Å²) in [5, 5.41) is 8.38. The number of hydrogen-bond acceptors (Lipinski definition) is 3. The smallest absolute Gasteiger partial charge is 0.341 e. The van der Waals surface area contributed by atoms with Crippen LogP contribution in [0.2, 0.25) is 0 Å². The van der Waals surface area contributed by atoms with E-state index in [1.165, 1.54) is 0 Å². The Morgan fingerprint density at radius 3 is 2.92 bits per heavy atom. The maximum Gasteiger partial charge on any atom is 0.341 e. The Morgan fingerprint density at radius 1 is 1.62 bits per heavy atom. The van der Waals surface area contributed by atoms with E-state index in [2.05, 4.69) is 0 Å². The van der Waals surface area contributed by atoms with Gasteiger partial charge in [0, 0.05) is 11.3 Å². The predicted molar refractivity (Wildman–Crippen MR) is 48.7 cm³/mol. The third-order valence-corrected chi connectivity index (χ3v) is 1.68. The fourth-order valence-electron chi connectivity index (χ4n) is 0.927. The van der Waals surface area contributed by atoms with Crippen LogP contribution in [0.4, 0.5) is 5.69 Å². The molecule has 0 aliphatic carbocycles. The summed E-state index contributed by atoms with van der Waals surface area (Å²) in [4.78, 5) is 10.2. The van der Waals surface area contributed by atoms with E-state index in [1.807, 2.05) is 0 Å². The van der Waals surface area contributed by atoms with Crippen LogP contribution in [0, 0.1) is 6.92 Å². The average Bonchev–Trinajstić information content (AvgIpc) is 2.07. The lowest BCUT2D eigenvalue weighted by Gasteiger charge is -2.07. The highest BCUT2D eigenvalue weighted by molar-refractivity contribution is 5.68. The van der Waals surface area contributed by atoms with Crippen molar-refractivity contribution in [1.82, 2.24) is 0 Å². The van der Waals surface area contributed by atoms with Gasteiger partial charge in [-0.3, -0.25) is 0 Å². The first-order chi connectivity index (χ1) is 6.11. The number of carboxylic acid groups (broad SMARTS) is 1. The van der Waals surface area contributed by atoms with E-state index in [4.69, 9.17) is 15.6 Å². The van der Waals surface area contributed by atoms with Crippen LogP contribution in [0.25, 0.3) is 0 Å². The molecule has 0 atom stereocenters. The summed E-state index contributed by atoms with van der Waals surface area (Å²) >= 11 is 0. The highest BCUT2D eigenvalue weighted by Crippen LogP contribution is 2.22. The molecule has 0 bridgehead atoms. The van der Waals surface area contributed by atoms with Crippen LogP contribution in [0.5, 0.6) is 5.75 Å². The molecule has 70 valence electrons. The molecule has 0 saturated carbocycles. The van der Waals surface area contributed by atoms with Gasteiger partial charge in [0.25, 0.3) is 0 Å². The van der Waals surface area contributed by atoms with Gasteiger partial charge >= 0.3 is 5.97 Å². The molecular formula is C9H11NO3. The molecular weight excluding hydrogens is 170 g/mol. The molecule has 4 heteroatoms. The summed E-state index contributed by atoms with van der Waals surface area (Å²) in [5.74, 6) is -0.482. The van der Waals surface area contributed by atoms with Crippen molar-refractivity contribution in [2.75, 3.05) is 12.3 Å². The Morgan fingerprint density at radius 2 is 2.31 bits per heavy atom. The molecule has 0 radical (unpaired) electrons. The summed E-state index contributed by atoms with van der Waals surface area (Å²) in [5.41, 5.74) is 6.97. The van der Waals surface area contributed by atoms with E-state index in [0.29, 0.717) is 11.4 Å². The van der Waals surface area contributed by atoms with Crippen molar-refractivity contribution in [3.63, 3.8) is 0 Å². The monoisotopic (exact) mass is 181 g/mol. The number of nitrogens with two attached hydrogens (primary N) is 1. The Kier molecular flexibility index (Phi) is 2.74. The number of hydrogen-bond donors (Lipinski definition) is 2. The minimum atomic E-state index is -0.998. The number of rotatable bonds is 3. The van der Waals surface area contributed by atoms with Gasteiger partial charge in [-0.2, -0.15) is 0 Å². The second kappa shape index (κ2) is 3.80. The lowest BCUT2D eigenvalue weighted by molar-refractivity contribution is -0.139. The zero-order valence-electron chi connectivity index (χ0n) is 7.28. The average molecular weight is 181 g/mol. The quantitative estimate of drug-likeness (QED) is 0.683. The lowest BCUT2D eigenvalue weighted by atomic mass is 10.2. The van der Waals surface area contributed by atoms with E-state index in [9.17, 15) is 4.79 Å². The maximum absolute atomic E-state index is 10.2. The van der Waals surface area contributed by atoms with Crippen LogP contribution in [0.3, 0.4) is 0 Å². The molecule has 0 aliphatic rings. The number of nitrogen functional groups attached to an aromatic ring is 1. The van der Waals surface area contributed by atoms with Gasteiger partial charge in [-0.1, -0.05) is 6.07 Å². The molecule has 1 rings (SSSR count). The Balaban J connectivity index is 2.77. The molecule has 1 aromatic carbocycles. The molecule has 13 heavy (non-hydrogen) atoms. The Bertz CT molecular complexity index is 323. The molecule has 0 spiro atoms. The van der Waals surface area contributed by atoms with Gasteiger partial charge in [0.1, 0.15) is 5.75 Å². The van der Waals surface area contributed by atoms with Gasteiger partial charge in [-0.25, -0.2) is 4.79 Å². The van der Waals surface area contributed by atoms with Gasteiger partial charge in [0.2, 0.25) is 0 Å². The number of aliphatic carboxylic acids is 1. The number of carboxylic acids is 1. The standard InChI is InChI=1S/C9H11NO3/c1-6-7(10)3-2-4-8(6)13-5-9(11)12/h2-4H,5,10H2,1H3,(H,11,12). The largest absolute Gasteiger partial charge is 0.482 e. The van der Waals surface area contributed by atoms with Crippen molar-refractivity contribution in [3.05, 3.63) is 23.8 Å². The van der Waals surface area contributed by atoms with Crippen LogP contribution < -0.4 is 10.5 Å². The van der Waals surface area contributed by atoms with Crippen LogP contribution >= 0.6 is 0 Å². The zero-order chi connectivity index (χ0) is 9.84. The highest BCUT2D eigenvalue weighted by atomic mass is 16.5. The number of anilines is 1. The van der Waals surface area contributed by atoms with Crippen molar-refractivity contribution >= 4 is 11.7 Å². The molecule has 0 unspecified atom stereocenters. The SMILES string of the molecule is Cc1c(N)cccc1OCC(=O)O. The minimum absolute atomic E-state index is 0.343. The van der Waals surface area contributed by atoms with Gasteiger partial charge in [0.05, 0.1) is 0 Å². The highest BCUT2D eigenvalue weighted by Gasteiger charge is 2.03. The summed E-state index contributed by atoms with van der Waals surface area (Å²) in [6, 6.07) is 5.15. The molecule has 1 aromatic rings. The van der Waals surface area contributed by atoms with E-state index < -0.39 is 5.97 Å². The van der Waals surface area contributed by atoms with Crippen LogP contribution in [0.1, 0.15) is 5.56 Å². The maximum atomic E-state index is 10.2. The second-order valence-electron chi connectivity index (χ2n) is 2.65. The van der Waals surface area contributed by atoms with Crippen LogP contribution in [-0.2, 0) is 4.79 Å². The summed E-state index contributed by atoms with van der Waals surface area (Å²) in [7, 11) is 0. The second-order valence-corrected chi connectivity index (χ2v) is 2.65. The van der Waals surface area contributed by atoms with E-state index in [0.717, 1.165) is 5.56 Å². The summed E-state index contributed by atoms with van der Waals surface area (Å²) in [6.45, 7) is 1.44. The van der Waals surface area contributed by atoms with Crippen molar-refractivity contribution in [1.29, 1.82) is 0 Å². The molecule has 0 heterocycles. The fraction of sp³-hybridized carbons (Fsp3) is 0.222. The predicted octanol–water partition coefficient (Wildman–Crippen LogP) is 1.04. The Hall–Kier alpha value is -1.71. The molecule has 3 N–H and O–H groups in total. The van der Waals surface area contributed by atoms with Gasteiger partial charge in [-0.15, -0.1) is 0 Å². The van der Waals surface area contributed by atoms with E-state index in [-0.39, 0.29) is 6.61 Å². The van der Waals surface area contributed by atoms with Crippen molar-refractivity contribution in [2.24, 2.45) is 0 Å². The van der Waals surface area contributed by atoms with Crippen molar-refractivity contribution in [2.45, 2.75) is 6.92 Å². The van der Waals surface area contributed by atoms with E-state index in [1.54, 1.807) is 25.1 Å². The van der Waals surface area contributed by atoms with E-state index >= 15 is 0 Å². The number of benzene rings is 1. The van der Waals surface area contributed by atoms with Crippen molar-refractivity contribution in [3.8, 4) is 5.75 Å². The molecule has 0 aliphatic heterocycles. The topological polar surface area (TPSA) is 72.5 Å². The molecule has 0 amide bonds. The molecule has 0 aromatic heterocycles. The molecule has 0 fully saturated rings. The number of ether oxygens (including phenoxy) is 1. The van der Waals surface area contributed by atoms with Gasteiger partial charge < -0.3 is 15.6 Å². The zero-order valence-corrected chi connectivity index (χ0v) is 7.28. The third-order valence-electron chi connectivity index (χ3n) is 1.68. The third kappa shape index (κ3) is 2.37. The van der Waals surface area contributed by atoms with Crippen LogP contribution in [-0.4, -0.2) is 17.7 Å². The van der Waals surface area contributed by atoms with Crippen LogP contribution in [0.15, 0.2) is 18.2 Å². The first-order valence-electron chi connectivity index (χ1n) is 3.81. The first-order valence-corrected chi connectivity index (χ1v) is 3.81. The lowest BCUT2D eigenvalue weighted by Crippen LogP contribution is -2.10. The molecule has 0 saturated heterocycles. The summed E-state index contributed by atoms with van der Waals surface area (Å²) in [6.07, 6.45) is 0. The Labute approximate surface area is 75.9 Å². The molecule has 4 nitrogen and oxygen atoms in total. The summed E-state index contributed by atoms with van der Waals surface area (Å²) < 4.78 is 5.00. The minimum Gasteiger partial charge on any atom is -0.482 e. The van der Waals surface area contributed by atoms with Crippen molar-refractivity contribution < 1.29 is 14.6 Å². The number of carbonyl (C=O) groups is 1. The van der Waals surface area contributed by atoms with Gasteiger partial charge in [-0.05, 0) is 19.1 Å².